The Bertz CT molecular complexity index is 303. The molecule has 0 aromatic carbocycles. The van der Waals surface area contributed by atoms with Gasteiger partial charge in [0.2, 0.25) is 5.13 Å². The van der Waals surface area contributed by atoms with Gasteiger partial charge in [0.05, 0.1) is 6.61 Å². The second-order valence-electron chi connectivity index (χ2n) is 3.26. The van der Waals surface area contributed by atoms with Gasteiger partial charge in [0.1, 0.15) is 5.01 Å². The third-order valence-electron chi connectivity index (χ3n) is 2.42. The van der Waals surface area contributed by atoms with Gasteiger partial charge < -0.3 is 10.4 Å². The van der Waals surface area contributed by atoms with Crippen molar-refractivity contribution in [2.24, 2.45) is 0 Å². The zero-order valence-corrected chi connectivity index (χ0v) is 9.57. The Kier molecular flexibility index (Phi) is 3.25. The number of aromatic nitrogens is 2. The molecule has 1 heterocycles. The van der Waals surface area contributed by atoms with E-state index >= 15 is 0 Å². The largest absolute Gasteiger partial charge is 0.389 e. The maximum Gasteiger partial charge on any atom is 0.206 e. The van der Waals surface area contributed by atoms with Crippen molar-refractivity contribution < 1.29 is 5.11 Å². The molecule has 2 unspecified atom stereocenters. The molecule has 14 heavy (non-hydrogen) atoms. The third-order valence-corrected chi connectivity index (χ3v) is 4.43. The van der Waals surface area contributed by atoms with Crippen LogP contribution in [0.4, 0.5) is 5.13 Å². The van der Waals surface area contributed by atoms with Gasteiger partial charge in [0.25, 0.3) is 0 Å². The van der Waals surface area contributed by atoms with E-state index in [1.165, 1.54) is 24.2 Å². The Morgan fingerprint density at radius 3 is 2.93 bits per heavy atom. The minimum atomic E-state index is -0.0179. The van der Waals surface area contributed by atoms with E-state index in [4.69, 9.17) is 5.11 Å². The van der Waals surface area contributed by atoms with Gasteiger partial charge in [0, 0.05) is 11.3 Å². The highest BCUT2D eigenvalue weighted by Crippen LogP contribution is 2.33. The van der Waals surface area contributed by atoms with Crippen molar-refractivity contribution >= 4 is 28.2 Å². The van der Waals surface area contributed by atoms with Gasteiger partial charge in [-0.25, -0.2) is 0 Å². The van der Waals surface area contributed by atoms with Crippen LogP contribution in [0.25, 0.3) is 0 Å². The minimum Gasteiger partial charge on any atom is -0.389 e. The fourth-order valence-electron chi connectivity index (χ4n) is 1.45. The van der Waals surface area contributed by atoms with Crippen LogP contribution in [0.1, 0.15) is 17.8 Å². The fourth-order valence-corrected chi connectivity index (χ4v) is 3.02. The summed E-state index contributed by atoms with van der Waals surface area (Å²) in [7, 11) is 0. The quantitative estimate of drug-likeness (QED) is 0.819. The standard InChI is InChI=1S/C8H13N3OS2/c1-13-6-3-2-5(6)9-8-11-10-7(4-12)14-8/h5-6,12H,2-4H2,1H3,(H,9,11). The summed E-state index contributed by atoms with van der Waals surface area (Å²) in [5.74, 6) is 0. The van der Waals surface area contributed by atoms with Crippen LogP contribution in [0.5, 0.6) is 0 Å². The van der Waals surface area contributed by atoms with E-state index < -0.39 is 0 Å². The topological polar surface area (TPSA) is 58.0 Å². The smallest absolute Gasteiger partial charge is 0.206 e. The van der Waals surface area contributed by atoms with Gasteiger partial charge in [0.15, 0.2) is 0 Å². The highest BCUT2D eigenvalue weighted by molar-refractivity contribution is 7.99. The molecule has 2 atom stereocenters. The van der Waals surface area contributed by atoms with Crippen LogP contribution in [0, 0.1) is 0 Å². The van der Waals surface area contributed by atoms with E-state index in [0.717, 1.165) is 5.13 Å². The molecule has 0 saturated heterocycles. The average molecular weight is 231 g/mol. The van der Waals surface area contributed by atoms with Gasteiger partial charge in [-0.05, 0) is 19.1 Å². The number of hydrogen-bond donors (Lipinski definition) is 2. The molecule has 2 rings (SSSR count). The zero-order chi connectivity index (χ0) is 9.97. The first-order valence-corrected chi connectivity index (χ1v) is 6.66. The molecule has 0 aliphatic heterocycles. The van der Waals surface area contributed by atoms with Crippen molar-refractivity contribution in [2.75, 3.05) is 11.6 Å². The normalized spacial score (nSPS) is 25.9. The van der Waals surface area contributed by atoms with E-state index in [9.17, 15) is 0 Å². The summed E-state index contributed by atoms with van der Waals surface area (Å²) in [6.45, 7) is -0.0179. The third kappa shape index (κ3) is 2.02. The SMILES string of the molecule is CSC1CCC1Nc1nnc(CO)s1. The van der Waals surface area contributed by atoms with E-state index in [2.05, 4.69) is 21.8 Å². The molecule has 1 aromatic rings. The molecule has 1 aromatic heterocycles. The number of hydrogen-bond acceptors (Lipinski definition) is 6. The predicted octanol–water partition coefficient (Wildman–Crippen LogP) is 1.34. The lowest BCUT2D eigenvalue weighted by atomic mass is 9.92. The van der Waals surface area contributed by atoms with Crippen molar-refractivity contribution in [2.45, 2.75) is 30.7 Å². The number of nitrogens with one attached hydrogen (secondary N) is 1. The van der Waals surface area contributed by atoms with Crippen LogP contribution in [-0.4, -0.2) is 32.9 Å². The molecule has 0 amide bonds. The molecule has 0 spiro atoms. The van der Waals surface area contributed by atoms with E-state index in [0.29, 0.717) is 16.3 Å². The molecule has 1 aliphatic rings. The van der Waals surface area contributed by atoms with Crippen molar-refractivity contribution in [1.82, 2.24) is 10.2 Å². The molecule has 78 valence electrons. The number of nitrogens with zero attached hydrogens (tertiary/aromatic N) is 2. The van der Waals surface area contributed by atoms with Crippen molar-refractivity contribution in [3.8, 4) is 0 Å². The van der Waals surface area contributed by atoms with Gasteiger partial charge in [-0.15, -0.1) is 10.2 Å². The Morgan fingerprint density at radius 2 is 2.43 bits per heavy atom. The van der Waals surface area contributed by atoms with Crippen molar-refractivity contribution in [1.29, 1.82) is 0 Å². The van der Waals surface area contributed by atoms with Crippen LogP contribution >= 0.6 is 23.1 Å². The number of thioether (sulfide) groups is 1. The molecular formula is C8H13N3OS2. The predicted molar refractivity (Wildman–Crippen MR) is 59.8 cm³/mol. The number of rotatable bonds is 4. The molecule has 1 aliphatic carbocycles. The molecule has 2 N–H and O–H groups in total. The van der Waals surface area contributed by atoms with Crippen molar-refractivity contribution in [3.63, 3.8) is 0 Å². The van der Waals surface area contributed by atoms with Gasteiger partial charge in [-0.2, -0.15) is 11.8 Å². The Labute approximate surface area is 91.1 Å². The van der Waals surface area contributed by atoms with Gasteiger partial charge >= 0.3 is 0 Å². The molecule has 4 nitrogen and oxygen atoms in total. The second kappa shape index (κ2) is 4.46. The monoisotopic (exact) mass is 231 g/mol. The highest BCUT2D eigenvalue weighted by Gasteiger charge is 2.30. The first-order valence-electron chi connectivity index (χ1n) is 4.56. The van der Waals surface area contributed by atoms with E-state index in [1.807, 2.05) is 11.8 Å². The maximum atomic E-state index is 8.83. The van der Waals surface area contributed by atoms with Crippen LogP contribution in [0.15, 0.2) is 0 Å². The molecule has 1 saturated carbocycles. The van der Waals surface area contributed by atoms with E-state index in [1.54, 1.807) is 0 Å². The van der Waals surface area contributed by atoms with Gasteiger partial charge in [-0.3, -0.25) is 0 Å². The van der Waals surface area contributed by atoms with Crippen LogP contribution in [0.3, 0.4) is 0 Å². The lowest BCUT2D eigenvalue weighted by Gasteiger charge is -2.35. The Morgan fingerprint density at radius 1 is 1.57 bits per heavy atom. The molecule has 0 radical (unpaired) electrons. The molecule has 6 heteroatoms. The summed E-state index contributed by atoms with van der Waals surface area (Å²) < 4.78 is 0. The first-order chi connectivity index (χ1) is 6.83. The summed E-state index contributed by atoms with van der Waals surface area (Å²) in [5, 5.41) is 22.2. The number of aliphatic hydroxyl groups is 1. The van der Waals surface area contributed by atoms with Crippen LogP contribution in [0.2, 0.25) is 0 Å². The Hall–Kier alpha value is -0.330. The van der Waals surface area contributed by atoms with Crippen LogP contribution in [-0.2, 0) is 6.61 Å². The summed E-state index contributed by atoms with van der Waals surface area (Å²) in [4.78, 5) is 0. The van der Waals surface area contributed by atoms with Crippen molar-refractivity contribution in [3.05, 3.63) is 5.01 Å². The summed E-state index contributed by atoms with van der Waals surface area (Å²) in [5.41, 5.74) is 0. The lowest BCUT2D eigenvalue weighted by Crippen LogP contribution is -2.40. The second-order valence-corrected chi connectivity index (χ2v) is 5.40. The van der Waals surface area contributed by atoms with E-state index in [-0.39, 0.29) is 6.61 Å². The minimum absolute atomic E-state index is 0.0179. The Balaban J connectivity index is 1.90. The molecular weight excluding hydrogens is 218 g/mol. The summed E-state index contributed by atoms with van der Waals surface area (Å²) >= 11 is 3.33. The lowest BCUT2D eigenvalue weighted by molar-refractivity contribution is 0.280. The average Bonchev–Trinajstić information content (AvgIpc) is 2.61. The van der Waals surface area contributed by atoms with Gasteiger partial charge in [-0.1, -0.05) is 11.3 Å². The molecule has 0 bridgehead atoms. The molecule has 1 fully saturated rings. The van der Waals surface area contributed by atoms with Crippen LogP contribution < -0.4 is 5.32 Å². The maximum absolute atomic E-state index is 8.83. The fraction of sp³-hybridized carbons (Fsp3) is 0.750. The number of aliphatic hydroxyl groups excluding tert-OH is 1. The summed E-state index contributed by atoms with van der Waals surface area (Å²) in [6.07, 6.45) is 4.63. The number of anilines is 1. The zero-order valence-electron chi connectivity index (χ0n) is 7.93. The highest BCUT2D eigenvalue weighted by atomic mass is 32.2. The first kappa shape index (κ1) is 10.2. The summed E-state index contributed by atoms with van der Waals surface area (Å²) in [6, 6.07) is 0.532.